The molecule has 3 rings (SSSR count). The molecule has 0 spiro atoms. The van der Waals surface area contributed by atoms with Crippen molar-refractivity contribution in [3.63, 3.8) is 0 Å². The Balaban J connectivity index is 1.42. The van der Waals surface area contributed by atoms with Crippen molar-refractivity contribution in [3.05, 3.63) is 30.4 Å². The Bertz CT molecular complexity index is 635. The predicted molar refractivity (Wildman–Crippen MR) is 83.8 cm³/mol. The van der Waals surface area contributed by atoms with E-state index in [1.54, 1.807) is 17.2 Å². The number of hydrogen-bond donors (Lipinski definition) is 2. The summed E-state index contributed by atoms with van der Waals surface area (Å²) in [4.78, 5) is 25.9. The Hall–Kier alpha value is -2.42. The van der Waals surface area contributed by atoms with Crippen molar-refractivity contribution in [1.82, 2.24) is 19.8 Å². The van der Waals surface area contributed by atoms with Crippen LogP contribution in [0.15, 0.2) is 29.0 Å². The highest BCUT2D eigenvalue weighted by Crippen LogP contribution is 2.19. The molecule has 2 aromatic rings. The molecule has 23 heavy (non-hydrogen) atoms. The van der Waals surface area contributed by atoms with Crippen molar-refractivity contribution in [2.45, 2.75) is 19.4 Å². The maximum atomic E-state index is 12.1. The van der Waals surface area contributed by atoms with Crippen LogP contribution in [0.3, 0.4) is 0 Å². The van der Waals surface area contributed by atoms with Gasteiger partial charge in [0.2, 0.25) is 5.91 Å². The molecule has 0 bridgehead atoms. The first-order chi connectivity index (χ1) is 11.2. The van der Waals surface area contributed by atoms with Crippen molar-refractivity contribution in [2.75, 3.05) is 18.4 Å². The first-order valence-electron chi connectivity index (χ1n) is 7.36. The van der Waals surface area contributed by atoms with Gasteiger partial charge in [-0.3, -0.25) is 10.1 Å². The van der Waals surface area contributed by atoms with Crippen LogP contribution in [0.5, 0.6) is 0 Å². The van der Waals surface area contributed by atoms with E-state index in [-0.39, 0.29) is 17.9 Å². The lowest BCUT2D eigenvalue weighted by Gasteiger charge is -2.31. The molecule has 1 saturated heterocycles. The molecule has 2 aromatic heterocycles. The monoisotopic (exact) mass is 335 g/mol. The number of nitrogens with zero attached hydrogens (tertiary/aromatic N) is 3. The second kappa shape index (κ2) is 7.23. The molecule has 2 N–H and O–H groups in total. The van der Waals surface area contributed by atoms with Gasteiger partial charge < -0.3 is 14.6 Å². The number of hydrogen-bond acceptors (Lipinski definition) is 6. The SMILES string of the molecule is O=C(NCc1ccco1)C1CCN(C(=O)Nc2cnns2)CC1. The second-order valence-corrected chi connectivity index (χ2v) is 6.06. The number of nitrogens with one attached hydrogen (secondary N) is 2. The molecule has 3 amide bonds. The van der Waals surface area contributed by atoms with Crippen molar-refractivity contribution < 1.29 is 14.0 Å². The summed E-state index contributed by atoms with van der Waals surface area (Å²) in [5.74, 6) is 0.667. The Kier molecular flexibility index (Phi) is 4.86. The lowest BCUT2D eigenvalue weighted by atomic mass is 9.96. The van der Waals surface area contributed by atoms with E-state index >= 15 is 0 Å². The summed E-state index contributed by atoms with van der Waals surface area (Å²) in [5, 5.41) is 9.91. The quantitative estimate of drug-likeness (QED) is 0.885. The molecular weight excluding hydrogens is 318 g/mol. The van der Waals surface area contributed by atoms with Crippen molar-refractivity contribution in [1.29, 1.82) is 0 Å². The van der Waals surface area contributed by atoms with Crippen LogP contribution in [0.4, 0.5) is 9.80 Å². The third-order valence-electron chi connectivity index (χ3n) is 3.76. The van der Waals surface area contributed by atoms with E-state index < -0.39 is 0 Å². The van der Waals surface area contributed by atoms with Gasteiger partial charge in [0.05, 0.1) is 19.0 Å². The standard InChI is InChI=1S/C14H17N5O3S/c20-13(15-8-11-2-1-7-22-11)10-3-5-19(6-4-10)14(21)17-12-9-16-18-23-12/h1-2,7,9-10H,3-6,8H2,(H,15,20)(H,17,21). The van der Waals surface area contributed by atoms with Gasteiger partial charge in [-0.2, -0.15) is 0 Å². The molecular formula is C14H17N5O3S. The summed E-state index contributed by atoms with van der Waals surface area (Å²) in [5.41, 5.74) is 0. The van der Waals surface area contributed by atoms with Gasteiger partial charge >= 0.3 is 6.03 Å². The third kappa shape index (κ3) is 4.07. The molecule has 0 aliphatic carbocycles. The molecule has 8 nitrogen and oxygen atoms in total. The summed E-state index contributed by atoms with van der Waals surface area (Å²) in [6.45, 7) is 1.50. The van der Waals surface area contributed by atoms with Gasteiger partial charge in [-0.1, -0.05) is 4.49 Å². The summed E-state index contributed by atoms with van der Waals surface area (Å²) in [6, 6.07) is 3.43. The minimum atomic E-state index is -0.175. The fraction of sp³-hybridized carbons (Fsp3) is 0.429. The number of piperidine rings is 1. The van der Waals surface area contributed by atoms with Gasteiger partial charge in [0, 0.05) is 30.5 Å². The molecule has 3 heterocycles. The van der Waals surface area contributed by atoms with Crippen LogP contribution in [0.25, 0.3) is 0 Å². The molecule has 9 heteroatoms. The number of rotatable bonds is 4. The highest BCUT2D eigenvalue weighted by Gasteiger charge is 2.27. The number of amides is 3. The average molecular weight is 335 g/mol. The van der Waals surface area contributed by atoms with E-state index in [0.717, 1.165) is 17.3 Å². The van der Waals surface area contributed by atoms with Gasteiger partial charge in [0.15, 0.2) is 0 Å². The Morgan fingerprint density at radius 2 is 2.22 bits per heavy atom. The number of aromatic nitrogens is 2. The molecule has 0 unspecified atom stereocenters. The molecule has 1 aliphatic rings. The minimum absolute atomic E-state index is 0.00751. The van der Waals surface area contributed by atoms with Gasteiger partial charge in [-0.05, 0) is 25.0 Å². The normalized spacial score (nSPS) is 15.4. The predicted octanol–water partition coefficient (Wildman–Crippen LogP) is 1.69. The van der Waals surface area contributed by atoms with Crippen molar-refractivity contribution >= 4 is 28.5 Å². The molecule has 1 aliphatic heterocycles. The van der Waals surface area contributed by atoms with E-state index in [9.17, 15) is 9.59 Å². The highest BCUT2D eigenvalue weighted by molar-refractivity contribution is 7.10. The lowest BCUT2D eigenvalue weighted by molar-refractivity contribution is -0.126. The van der Waals surface area contributed by atoms with E-state index in [1.165, 1.54) is 6.20 Å². The molecule has 0 aromatic carbocycles. The number of carbonyl (C=O) groups excluding carboxylic acids is 2. The number of likely N-dealkylation sites (tertiary alicyclic amines) is 1. The number of furan rings is 1. The van der Waals surface area contributed by atoms with Crippen LogP contribution in [0.1, 0.15) is 18.6 Å². The van der Waals surface area contributed by atoms with Crippen LogP contribution < -0.4 is 10.6 Å². The van der Waals surface area contributed by atoms with Crippen molar-refractivity contribution in [2.24, 2.45) is 5.92 Å². The largest absolute Gasteiger partial charge is 0.467 e. The number of anilines is 1. The van der Waals surface area contributed by atoms with Gasteiger partial charge in [0.1, 0.15) is 10.8 Å². The van der Waals surface area contributed by atoms with Crippen LogP contribution in [0, 0.1) is 5.92 Å². The number of carbonyl (C=O) groups is 2. The second-order valence-electron chi connectivity index (χ2n) is 5.27. The Morgan fingerprint density at radius 3 is 2.87 bits per heavy atom. The zero-order valence-electron chi connectivity index (χ0n) is 12.4. The fourth-order valence-electron chi connectivity index (χ4n) is 2.48. The lowest BCUT2D eigenvalue weighted by Crippen LogP contribution is -2.44. The van der Waals surface area contributed by atoms with Crippen LogP contribution in [-0.4, -0.2) is 39.5 Å². The fourth-order valence-corrected chi connectivity index (χ4v) is 2.89. The smallest absolute Gasteiger partial charge is 0.322 e. The van der Waals surface area contributed by atoms with Gasteiger partial charge in [0.25, 0.3) is 0 Å². The van der Waals surface area contributed by atoms with Crippen LogP contribution in [-0.2, 0) is 11.3 Å². The summed E-state index contributed by atoms with van der Waals surface area (Å²) < 4.78 is 8.88. The first kappa shape index (κ1) is 15.5. The third-order valence-corrected chi connectivity index (χ3v) is 4.34. The highest BCUT2D eigenvalue weighted by atomic mass is 32.1. The minimum Gasteiger partial charge on any atom is -0.467 e. The summed E-state index contributed by atoms with van der Waals surface area (Å²) in [6.07, 6.45) is 4.39. The van der Waals surface area contributed by atoms with Crippen LogP contribution >= 0.6 is 11.5 Å². The first-order valence-corrected chi connectivity index (χ1v) is 8.13. The Labute approximate surface area is 137 Å². The van der Waals surface area contributed by atoms with E-state index in [4.69, 9.17) is 4.42 Å². The molecule has 0 radical (unpaired) electrons. The van der Waals surface area contributed by atoms with E-state index in [1.807, 2.05) is 6.07 Å². The topological polar surface area (TPSA) is 100 Å². The van der Waals surface area contributed by atoms with Crippen molar-refractivity contribution in [3.8, 4) is 0 Å². The maximum absolute atomic E-state index is 12.1. The summed E-state index contributed by atoms with van der Waals surface area (Å²) in [7, 11) is 0. The van der Waals surface area contributed by atoms with Gasteiger partial charge in [-0.25, -0.2) is 4.79 Å². The summed E-state index contributed by atoms with van der Waals surface area (Å²) >= 11 is 1.13. The average Bonchev–Trinajstić information content (AvgIpc) is 3.26. The molecule has 0 atom stereocenters. The number of urea groups is 1. The van der Waals surface area contributed by atoms with Crippen LogP contribution in [0.2, 0.25) is 0 Å². The maximum Gasteiger partial charge on any atom is 0.322 e. The van der Waals surface area contributed by atoms with E-state index in [2.05, 4.69) is 20.2 Å². The van der Waals surface area contributed by atoms with E-state index in [0.29, 0.717) is 37.5 Å². The molecule has 0 saturated carbocycles. The molecule has 122 valence electrons. The zero-order chi connectivity index (χ0) is 16.1. The zero-order valence-corrected chi connectivity index (χ0v) is 13.2. The Morgan fingerprint density at radius 1 is 1.39 bits per heavy atom. The molecule has 1 fully saturated rings. The van der Waals surface area contributed by atoms with Gasteiger partial charge in [-0.15, -0.1) is 5.10 Å².